The normalized spacial score (nSPS) is 16.4. The van der Waals surface area contributed by atoms with Crippen LogP contribution in [0.1, 0.15) is 55.3 Å². The molecule has 4 aromatic rings. The second-order valence-corrected chi connectivity index (χ2v) is 11.4. The number of nitrogens with one attached hydrogen (secondary N) is 1. The zero-order chi connectivity index (χ0) is 23.8. The molecule has 1 fully saturated rings. The first kappa shape index (κ1) is 23.3. The summed E-state index contributed by atoms with van der Waals surface area (Å²) in [6, 6.07) is 18.4. The molecule has 0 amide bonds. The predicted octanol–water partition coefficient (Wildman–Crippen LogP) is 7.22. The van der Waals surface area contributed by atoms with E-state index in [1.165, 1.54) is 33.3 Å². The van der Waals surface area contributed by atoms with Crippen LogP contribution in [0.4, 0.5) is 0 Å². The van der Waals surface area contributed by atoms with Crippen LogP contribution in [0.5, 0.6) is 0 Å². The molecule has 4 nitrogen and oxygen atoms in total. The van der Waals surface area contributed by atoms with Crippen LogP contribution >= 0.6 is 11.6 Å². The number of nitrogens with zero attached hydrogens (tertiary/aromatic N) is 2. The van der Waals surface area contributed by atoms with Crippen molar-refractivity contribution < 1.29 is 4.21 Å². The van der Waals surface area contributed by atoms with Crippen molar-refractivity contribution in [1.82, 2.24) is 14.3 Å². The molecule has 6 heteroatoms. The molecular weight excluding hydrogens is 462 g/mol. The lowest BCUT2D eigenvalue weighted by molar-refractivity contribution is 0.334. The van der Waals surface area contributed by atoms with E-state index < -0.39 is 11.0 Å². The zero-order valence-corrected chi connectivity index (χ0v) is 21.4. The Labute approximate surface area is 209 Å². The fourth-order valence-electron chi connectivity index (χ4n) is 5.07. The van der Waals surface area contributed by atoms with Gasteiger partial charge in [0.2, 0.25) is 0 Å². The molecule has 0 bridgehead atoms. The van der Waals surface area contributed by atoms with Crippen LogP contribution in [0.2, 0.25) is 5.02 Å². The fourth-order valence-corrected chi connectivity index (χ4v) is 6.40. The Morgan fingerprint density at radius 1 is 1.06 bits per heavy atom. The van der Waals surface area contributed by atoms with Gasteiger partial charge in [-0.15, -0.1) is 0 Å². The number of hydrogen-bond acceptors (Lipinski definition) is 2. The van der Waals surface area contributed by atoms with E-state index in [2.05, 4.69) is 58.5 Å². The molecule has 1 saturated heterocycles. The number of rotatable bonds is 5. The van der Waals surface area contributed by atoms with Crippen LogP contribution < -0.4 is 0 Å². The quantitative estimate of drug-likeness (QED) is 0.320. The topological polar surface area (TPSA) is 49.0 Å². The standard InChI is InChI=1S/C28H30ClN3OS/c1-18(2)27-25-17-21(4-9-26(25)31-28(27)22-10-13-30-19(3)16-22)20-11-14-32(15-12-20)34(33)24-7-5-23(29)6-8-24/h4-10,13,16-18,20,31H,11-12,14-15H2,1-3H3. The van der Waals surface area contributed by atoms with Gasteiger partial charge in [-0.05, 0) is 91.3 Å². The van der Waals surface area contributed by atoms with Crippen molar-refractivity contribution in [2.45, 2.75) is 50.3 Å². The molecule has 1 N–H and O–H groups in total. The van der Waals surface area contributed by atoms with Gasteiger partial charge in [0, 0.05) is 46.5 Å². The number of aryl methyl sites for hydroxylation is 1. The lowest BCUT2D eigenvalue weighted by Crippen LogP contribution is -2.34. The molecule has 34 heavy (non-hydrogen) atoms. The van der Waals surface area contributed by atoms with E-state index in [0.717, 1.165) is 36.5 Å². The average Bonchev–Trinajstić information content (AvgIpc) is 3.23. The molecule has 0 spiro atoms. The number of piperidine rings is 1. The minimum atomic E-state index is -1.14. The maximum atomic E-state index is 13.0. The highest BCUT2D eigenvalue weighted by atomic mass is 35.5. The van der Waals surface area contributed by atoms with Gasteiger partial charge in [0.25, 0.3) is 0 Å². The Kier molecular flexibility index (Phi) is 6.61. The van der Waals surface area contributed by atoms with Gasteiger partial charge in [0.15, 0.2) is 0 Å². The summed E-state index contributed by atoms with van der Waals surface area (Å²) in [7, 11) is -1.14. The third kappa shape index (κ3) is 4.57. The molecule has 0 saturated carbocycles. The van der Waals surface area contributed by atoms with Crippen LogP contribution in [0.15, 0.2) is 65.7 Å². The third-order valence-corrected chi connectivity index (χ3v) is 8.56. The van der Waals surface area contributed by atoms with Crippen molar-refractivity contribution in [2.75, 3.05) is 13.1 Å². The SMILES string of the molecule is Cc1cc(-c2[nH]c3ccc(C4CCN(S(=O)c5ccc(Cl)cc5)CC4)cc3c2C(C)C)ccn1. The summed E-state index contributed by atoms with van der Waals surface area (Å²) in [5.41, 5.74) is 7.33. The highest BCUT2D eigenvalue weighted by molar-refractivity contribution is 7.82. The lowest BCUT2D eigenvalue weighted by atomic mass is 9.88. The van der Waals surface area contributed by atoms with E-state index in [1.54, 1.807) is 0 Å². The first-order chi connectivity index (χ1) is 16.4. The Hall–Kier alpha value is -2.47. The maximum absolute atomic E-state index is 13.0. The lowest BCUT2D eigenvalue weighted by Gasteiger charge is -2.31. The van der Waals surface area contributed by atoms with E-state index in [1.807, 2.05) is 37.4 Å². The van der Waals surface area contributed by atoms with Gasteiger partial charge in [0.05, 0.1) is 10.6 Å². The summed E-state index contributed by atoms with van der Waals surface area (Å²) in [5.74, 6) is 0.875. The first-order valence-corrected chi connectivity index (χ1v) is 13.4. The van der Waals surface area contributed by atoms with Crippen molar-refractivity contribution in [2.24, 2.45) is 0 Å². The number of benzene rings is 2. The van der Waals surface area contributed by atoms with Crippen molar-refractivity contribution in [3.05, 3.63) is 82.6 Å². The highest BCUT2D eigenvalue weighted by Crippen LogP contribution is 2.38. The Morgan fingerprint density at radius 2 is 1.79 bits per heavy atom. The van der Waals surface area contributed by atoms with Crippen LogP contribution in [0.25, 0.3) is 22.2 Å². The Bertz CT molecular complexity index is 1340. The maximum Gasteiger partial charge on any atom is 0.127 e. The van der Waals surface area contributed by atoms with Crippen molar-refractivity contribution >= 4 is 33.5 Å². The van der Waals surface area contributed by atoms with Gasteiger partial charge in [-0.25, -0.2) is 8.51 Å². The van der Waals surface area contributed by atoms with Crippen molar-refractivity contribution in [3.8, 4) is 11.3 Å². The van der Waals surface area contributed by atoms with Gasteiger partial charge in [-0.3, -0.25) is 4.98 Å². The Balaban J connectivity index is 1.39. The van der Waals surface area contributed by atoms with Gasteiger partial charge in [-0.2, -0.15) is 0 Å². The second-order valence-electron chi connectivity index (χ2n) is 9.47. The first-order valence-electron chi connectivity index (χ1n) is 11.9. The monoisotopic (exact) mass is 491 g/mol. The molecule has 2 aromatic carbocycles. The molecule has 0 radical (unpaired) electrons. The number of hydrogen-bond donors (Lipinski definition) is 1. The van der Waals surface area contributed by atoms with Crippen LogP contribution in [0, 0.1) is 6.92 Å². The summed E-state index contributed by atoms with van der Waals surface area (Å²) in [4.78, 5) is 8.86. The largest absolute Gasteiger partial charge is 0.354 e. The van der Waals surface area contributed by atoms with Gasteiger partial charge in [0.1, 0.15) is 11.0 Å². The third-order valence-electron chi connectivity index (χ3n) is 6.80. The van der Waals surface area contributed by atoms with Crippen molar-refractivity contribution in [1.29, 1.82) is 0 Å². The zero-order valence-electron chi connectivity index (χ0n) is 19.8. The van der Waals surface area contributed by atoms with Gasteiger partial charge < -0.3 is 4.98 Å². The molecule has 1 aliphatic rings. The molecule has 2 aromatic heterocycles. The molecule has 3 heterocycles. The Morgan fingerprint density at radius 3 is 2.47 bits per heavy atom. The molecule has 176 valence electrons. The molecule has 5 rings (SSSR count). The second kappa shape index (κ2) is 9.65. The minimum absolute atomic E-state index is 0.399. The summed E-state index contributed by atoms with van der Waals surface area (Å²) < 4.78 is 15.1. The van der Waals surface area contributed by atoms with Gasteiger partial charge in [-0.1, -0.05) is 31.5 Å². The number of aromatic amines is 1. The van der Waals surface area contributed by atoms with Gasteiger partial charge >= 0.3 is 0 Å². The summed E-state index contributed by atoms with van der Waals surface area (Å²) >= 11 is 5.99. The average molecular weight is 492 g/mol. The number of fused-ring (bicyclic) bond motifs is 1. The van der Waals surface area contributed by atoms with Crippen LogP contribution in [-0.2, 0) is 11.0 Å². The summed E-state index contributed by atoms with van der Waals surface area (Å²) in [5, 5.41) is 1.98. The molecular formula is C28H30ClN3OS. The molecule has 1 aliphatic heterocycles. The summed E-state index contributed by atoms with van der Waals surface area (Å²) in [6.45, 7) is 8.20. The molecule has 0 aliphatic carbocycles. The molecule has 1 atom stereocenters. The van der Waals surface area contributed by atoms with E-state index in [0.29, 0.717) is 16.9 Å². The van der Waals surface area contributed by atoms with E-state index >= 15 is 0 Å². The highest BCUT2D eigenvalue weighted by Gasteiger charge is 2.26. The number of pyridine rings is 1. The minimum Gasteiger partial charge on any atom is -0.354 e. The van der Waals surface area contributed by atoms with E-state index in [9.17, 15) is 4.21 Å². The van der Waals surface area contributed by atoms with Crippen LogP contribution in [0.3, 0.4) is 0 Å². The number of halogens is 1. The predicted molar refractivity (Wildman–Crippen MR) is 142 cm³/mol. The van der Waals surface area contributed by atoms with E-state index in [-0.39, 0.29) is 0 Å². The van der Waals surface area contributed by atoms with Crippen molar-refractivity contribution in [3.63, 3.8) is 0 Å². The molecule has 1 unspecified atom stereocenters. The summed E-state index contributed by atoms with van der Waals surface area (Å²) in [6.07, 6.45) is 3.89. The van der Waals surface area contributed by atoms with Crippen LogP contribution in [-0.4, -0.2) is 31.6 Å². The number of aromatic nitrogens is 2. The van der Waals surface area contributed by atoms with E-state index in [4.69, 9.17) is 11.6 Å². The smallest absolute Gasteiger partial charge is 0.127 e. The number of H-pyrrole nitrogens is 1. The fraction of sp³-hybridized carbons (Fsp3) is 0.321.